The summed E-state index contributed by atoms with van der Waals surface area (Å²) in [5, 5.41) is 6.89. The van der Waals surface area contributed by atoms with Crippen LogP contribution in [-0.4, -0.2) is 56.3 Å². The fourth-order valence-electron chi connectivity index (χ4n) is 3.51. The van der Waals surface area contributed by atoms with Gasteiger partial charge in [-0.15, -0.1) is 0 Å². The molecule has 2 rings (SSSR count). The molecular weight excluding hydrogens is 292 g/mol. The van der Waals surface area contributed by atoms with Crippen LogP contribution in [0, 0.1) is 5.41 Å². The number of rotatable bonds is 4. The number of guanidine groups is 1. The van der Waals surface area contributed by atoms with Crippen LogP contribution in [-0.2, 0) is 4.74 Å². The molecule has 132 valence electrons. The molecule has 1 heterocycles. The van der Waals surface area contributed by atoms with E-state index in [1.165, 1.54) is 32.8 Å². The van der Waals surface area contributed by atoms with Crippen LogP contribution in [0.15, 0.2) is 4.99 Å². The van der Waals surface area contributed by atoms with Gasteiger partial charge in [-0.25, -0.2) is 4.79 Å². The molecule has 23 heavy (non-hydrogen) atoms. The van der Waals surface area contributed by atoms with Crippen molar-refractivity contribution >= 4 is 12.1 Å². The SMILES string of the molecule is CCNC(=NCC1(C)CCCC1)NC1CCN(C(=O)OC)CC1. The number of hydrogen-bond acceptors (Lipinski definition) is 3. The Kier molecular flexibility index (Phi) is 6.54. The molecule has 0 aromatic carbocycles. The van der Waals surface area contributed by atoms with Crippen molar-refractivity contribution in [2.24, 2.45) is 10.4 Å². The van der Waals surface area contributed by atoms with Crippen LogP contribution in [0.2, 0.25) is 0 Å². The maximum absolute atomic E-state index is 11.5. The van der Waals surface area contributed by atoms with E-state index >= 15 is 0 Å². The number of nitrogens with one attached hydrogen (secondary N) is 2. The minimum absolute atomic E-state index is 0.224. The minimum atomic E-state index is -0.224. The van der Waals surface area contributed by atoms with Gasteiger partial charge in [0.05, 0.1) is 7.11 Å². The molecule has 0 radical (unpaired) electrons. The molecule has 1 aliphatic carbocycles. The van der Waals surface area contributed by atoms with Crippen molar-refractivity contribution in [2.45, 2.75) is 58.4 Å². The number of piperidine rings is 1. The maximum atomic E-state index is 11.5. The van der Waals surface area contributed by atoms with Gasteiger partial charge in [0.15, 0.2) is 5.96 Å². The number of hydrogen-bond donors (Lipinski definition) is 2. The van der Waals surface area contributed by atoms with E-state index in [-0.39, 0.29) is 6.09 Å². The lowest BCUT2D eigenvalue weighted by atomic mass is 9.89. The van der Waals surface area contributed by atoms with Crippen molar-refractivity contribution in [2.75, 3.05) is 33.3 Å². The minimum Gasteiger partial charge on any atom is -0.453 e. The normalized spacial score (nSPS) is 22.0. The summed E-state index contributed by atoms with van der Waals surface area (Å²) >= 11 is 0. The van der Waals surface area contributed by atoms with Crippen LogP contribution in [0.25, 0.3) is 0 Å². The second-order valence-electron chi connectivity index (χ2n) is 7.09. The number of nitrogens with zero attached hydrogens (tertiary/aromatic N) is 2. The molecule has 0 aromatic rings. The van der Waals surface area contributed by atoms with E-state index in [4.69, 9.17) is 9.73 Å². The zero-order chi connectivity index (χ0) is 16.7. The monoisotopic (exact) mass is 324 g/mol. The molecule has 0 atom stereocenters. The summed E-state index contributed by atoms with van der Waals surface area (Å²) in [6.07, 6.45) is 6.87. The fourth-order valence-corrected chi connectivity index (χ4v) is 3.51. The van der Waals surface area contributed by atoms with Crippen molar-refractivity contribution in [3.63, 3.8) is 0 Å². The molecule has 1 saturated carbocycles. The van der Waals surface area contributed by atoms with Gasteiger partial charge in [0, 0.05) is 32.2 Å². The van der Waals surface area contributed by atoms with Crippen molar-refractivity contribution < 1.29 is 9.53 Å². The number of carbonyl (C=O) groups excluding carboxylic acids is 1. The maximum Gasteiger partial charge on any atom is 0.409 e. The van der Waals surface area contributed by atoms with Gasteiger partial charge in [0.25, 0.3) is 0 Å². The van der Waals surface area contributed by atoms with Crippen molar-refractivity contribution in [1.82, 2.24) is 15.5 Å². The Morgan fingerprint density at radius 3 is 2.52 bits per heavy atom. The third-order valence-electron chi connectivity index (χ3n) is 5.04. The molecule has 2 aliphatic rings. The Balaban J connectivity index is 1.83. The van der Waals surface area contributed by atoms with Crippen LogP contribution < -0.4 is 10.6 Å². The van der Waals surface area contributed by atoms with E-state index in [0.29, 0.717) is 11.5 Å². The summed E-state index contributed by atoms with van der Waals surface area (Å²) in [4.78, 5) is 18.1. The molecule has 1 saturated heterocycles. The van der Waals surface area contributed by atoms with Gasteiger partial charge in [-0.1, -0.05) is 19.8 Å². The molecule has 0 spiro atoms. The highest BCUT2D eigenvalue weighted by Crippen LogP contribution is 2.37. The predicted molar refractivity (Wildman–Crippen MR) is 92.7 cm³/mol. The van der Waals surface area contributed by atoms with Gasteiger partial charge in [-0.3, -0.25) is 4.99 Å². The van der Waals surface area contributed by atoms with Gasteiger partial charge in [0.1, 0.15) is 0 Å². The standard InChI is InChI=1S/C17H32N4O2/c1-4-18-15(19-13-17(2)9-5-6-10-17)20-14-7-11-21(12-8-14)16(22)23-3/h14H,4-13H2,1-3H3,(H2,18,19,20). The average molecular weight is 324 g/mol. The van der Waals surface area contributed by atoms with Crippen LogP contribution in [0.5, 0.6) is 0 Å². The number of methoxy groups -OCH3 is 1. The van der Waals surface area contributed by atoms with Crippen molar-refractivity contribution in [3.05, 3.63) is 0 Å². The highest BCUT2D eigenvalue weighted by atomic mass is 16.5. The summed E-state index contributed by atoms with van der Waals surface area (Å²) < 4.78 is 4.78. The van der Waals surface area contributed by atoms with Gasteiger partial charge in [-0.2, -0.15) is 0 Å². The molecule has 2 N–H and O–H groups in total. The number of likely N-dealkylation sites (tertiary alicyclic amines) is 1. The van der Waals surface area contributed by atoms with E-state index in [1.54, 1.807) is 4.90 Å². The number of ether oxygens (including phenoxy) is 1. The van der Waals surface area contributed by atoms with E-state index in [2.05, 4.69) is 24.5 Å². The molecule has 0 aromatic heterocycles. The summed E-state index contributed by atoms with van der Waals surface area (Å²) in [5.41, 5.74) is 0.372. The summed E-state index contributed by atoms with van der Waals surface area (Å²) in [6, 6.07) is 0.366. The first kappa shape index (κ1) is 17.9. The molecule has 1 aliphatic heterocycles. The zero-order valence-electron chi connectivity index (χ0n) is 14.9. The molecule has 0 bridgehead atoms. The van der Waals surface area contributed by atoms with Crippen LogP contribution in [0.4, 0.5) is 4.79 Å². The van der Waals surface area contributed by atoms with Crippen molar-refractivity contribution in [1.29, 1.82) is 0 Å². The summed E-state index contributed by atoms with van der Waals surface area (Å²) in [5.74, 6) is 0.914. The first-order valence-corrected chi connectivity index (χ1v) is 8.94. The van der Waals surface area contributed by atoms with Gasteiger partial charge >= 0.3 is 6.09 Å². The van der Waals surface area contributed by atoms with E-state index < -0.39 is 0 Å². The molecule has 1 amide bonds. The van der Waals surface area contributed by atoms with E-state index in [0.717, 1.165) is 45.0 Å². The third-order valence-corrected chi connectivity index (χ3v) is 5.04. The lowest BCUT2D eigenvalue weighted by Gasteiger charge is -2.32. The second kappa shape index (κ2) is 8.41. The van der Waals surface area contributed by atoms with Crippen molar-refractivity contribution in [3.8, 4) is 0 Å². The molecule has 6 nitrogen and oxygen atoms in total. The Hall–Kier alpha value is -1.46. The Bertz CT molecular complexity index is 411. The van der Waals surface area contributed by atoms with Gasteiger partial charge in [0.2, 0.25) is 0 Å². The fraction of sp³-hybridized carbons (Fsp3) is 0.882. The first-order valence-electron chi connectivity index (χ1n) is 8.94. The van der Waals surface area contributed by atoms with Gasteiger partial charge in [-0.05, 0) is 38.0 Å². The smallest absolute Gasteiger partial charge is 0.409 e. The van der Waals surface area contributed by atoms with E-state index in [9.17, 15) is 4.79 Å². The van der Waals surface area contributed by atoms with Crippen LogP contribution in [0.1, 0.15) is 52.4 Å². The lowest BCUT2D eigenvalue weighted by molar-refractivity contribution is 0.111. The summed E-state index contributed by atoms with van der Waals surface area (Å²) in [6.45, 7) is 7.67. The van der Waals surface area contributed by atoms with Crippen LogP contribution in [0.3, 0.4) is 0 Å². The molecule has 0 unspecified atom stereocenters. The highest BCUT2D eigenvalue weighted by molar-refractivity contribution is 5.80. The Labute approximate surface area is 140 Å². The number of amides is 1. The number of aliphatic imine (C=N–C) groups is 1. The number of carbonyl (C=O) groups is 1. The largest absolute Gasteiger partial charge is 0.453 e. The predicted octanol–water partition coefficient (Wildman–Crippen LogP) is 2.35. The average Bonchev–Trinajstić information content (AvgIpc) is 3.00. The molecular formula is C17H32N4O2. The third kappa shape index (κ3) is 5.29. The quantitative estimate of drug-likeness (QED) is 0.615. The summed E-state index contributed by atoms with van der Waals surface area (Å²) in [7, 11) is 1.44. The lowest BCUT2D eigenvalue weighted by Crippen LogP contribution is -2.50. The zero-order valence-corrected chi connectivity index (χ0v) is 14.9. The van der Waals surface area contributed by atoms with E-state index in [1.807, 2.05) is 0 Å². The molecule has 6 heteroatoms. The molecule has 2 fully saturated rings. The Morgan fingerprint density at radius 1 is 1.30 bits per heavy atom. The van der Waals surface area contributed by atoms with Gasteiger partial charge < -0.3 is 20.3 Å². The second-order valence-corrected chi connectivity index (χ2v) is 7.09. The first-order chi connectivity index (χ1) is 11.1. The highest BCUT2D eigenvalue weighted by Gasteiger charge is 2.29. The Morgan fingerprint density at radius 2 is 1.96 bits per heavy atom. The topological polar surface area (TPSA) is 66.0 Å². The van der Waals surface area contributed by atoms with Crippen LogP contribution >= 0.6 is 0 Å².